The van der Waals surface area contributed by atoms with Crippen LogP contribution in [0.3, 0.4) is 0 Å². The first-order chi connectivity index (χ1) is 10.4. The topological polar surface area (TPSA) is 28.2 Å². The van der Waals surface area contributed by atoms with Gasteiger partial charge in [-0.2, -0.15) is 0 Å². The van der Waals surface area contributed by atoms with Gasteiger partial charge in [0.05, 0.1) is 6.54 Å². The number of nitrogens with one attached hydrogen (secondary N) is 1. The Bertz CT molecular complexity index is 549. The molecule has 0 atom stereocenters. The van der Waals surface area contributed by atoms with E-state index in [9.17, 15) is 0 Å². The first kappa shape index (κ1) is 14.5. The Labute approximate surface area is 131 Å². The molecule has 0 aromatic carbocycles. The van der Waals surface area contributed by atoms with Crippen LogP contribution in [-0.4, -0.2) is 17.6 Å². The second kappa shape index (κ2) is 7.05. The molecule has 0 radical (unpaired) electrons. The van der Waals surface area contributed by atoms with Crippen molar-refractivity contribution in [2.24, 2.45) is 0 Å². The summed E-state index contributed by atoms with van der Waals surface area (Å²) in [6, 6.07) is 7.26. The van der Waals surface area contributed by atoms with E-state index in [1.165, 1.54) is 29.0 Å². The average Bonchev–Trinajstić information content (AvgIpc) is 3.22. The highest BCUT2D eigenvalue weighted by atomic mass is 32.1. The van der Waals surface area contributed by atoms with Crippen molar-refractivity contribution >= 4 is 17.0 Å². The van der Waals surface area contributed by atoms with Crippen molar-refractivity contribution in [3.8, 4) is 0 Å². The first-order valence-corrected chi connectivity index (χ1v) is 8.69. The minimum absolute atomic E-state index is 0.708. The smallest absolute Gasteiger partial charge is 0.0526 e. The number of pyridine rings is 1. The fraction of sp³-hybridized carbons (Fsp3) is 0.471. The van der Waals surface area contributed by atoms with Crippen LogP contribution in [-0.2, 0) is 13.1 Å². The molecule has 1 fully saturated rings. The van der Waals surface area contributed by atoms with Crippen LogP contribution in [0.15, 0.2) is 36.0 Å². The number of rotatable bonds is 8. The Morgan fingerprint density at radius 3 is 3.00 bits per heavy atom. The third-order valence-electron chi connectivity index (χ3n) is 3.82. The lowest BCUT2D eigenvalue weighted by Crippen LogP contribution is -2.27. The van der Waals surface area contributed by atoms with Crippen LogP contribution in [0.25, 0.3) is 0 Å². The molecule has 1 aliphatic carbocycles. The van der Waals surface area contributed by atoms with Crippen LogP contribution in [0.4, 0.5) is 5.69 Å². The Hall–Kier alpha value is -1.39. The number of hydrogen-bond donors (Lipinski definition) is 1. The van der Waals surface area contributed by atoms with E-state index in [0.717, 1.165) is 26.1 Å². The highest BCUT2D eigenvalue weighted by molar-refractivity contribution is 7.09. The van der Waals surface area contributed by atoms with Crippen molar-refractivity contribution in [2.75, 3.05) is 11.4 Å². The summed E-state index contributed by atoms with van der Waals surface area (Å²) in [6.45, 7) is 5.19. The summed E-state index contributed by atoms with van der Waals surface area (Å²) >= 11 is 1.85. The molecule has 0 unspecified atom stereocenters. The van der Waals surface area contributed by atoms with Gasteiger partial charge in [0.25, 0.3) is 0 Å². The van der Waals surface area contributed by atoms with Crippen LogP contribution in [0.2, 0.25) is 0 Å². The second-order valence-electron chi connectivity index (χ2n) is 5.62. The highest BCUT2D eigenvalue weighted by Gasteiger charge is 2.30. The van der Waals surface area contributed by atoms with Gasteiger partial charge in [-0.1, -0.05) is 13.0 Å². The van der Waals surface area contributed by atoms with Gasteiger partial charge in [-0.15, -0.1) is 11.3 Å². The summed E-state index contributed by atoms with van der Waals surface area (Å²) in [5.74, 6) is 0. The highest BCUT2D eigenvalue weighted by Crippen LogP contribution is 2.35. The molecule has 3 nitrogen and oxygen atoms in total. The van der Waals surface area contributed by atoms with Gasteiger partial charge in [0.1, 0.15) is 0 Å². The number of aromatic nitrogens is 1. The fourth-order valence-electron chi connectivity index (χ4n) is 2.60. The molecular formula is C17H23N3S. The maximum Gasteiger partial charge on any atom is 0.0526 e. The fourth-order valence-corrected chi connectivity index (χ4v) is 3.31. The quantitative estimate of drug-likeness (QED) is 0.751. The maximum atomic E-state index is 4.32. The molecule has 4 heteroatoms. The van der Waals surface area contributed by atoms with Crippen LogP contribution in [0, 0.1) is 0 Å². The van der Waals surface area contributed by atoms with Crippen molar-refractivity contribution in [1.29, 1.82) is 0 Å². The lowest BCUT2D eigenvalue weighted by Gasteiger charge is -2.26. The van der Waals surface area contributed by atoms with E-state index in [4.69, 9.17) is 0 Å². The number of anilines is 1. The molecule has 21 heavy (non-hydrogen) atoms. The van der Waals surface area contributed by atoms with Gasteiger partial charge in [0, 0.05) is 41.1 Å². The molecule has 2 aromatic heterocycles. The van der Waals surface area contributed by atoms with Gasteiger partial charge in [0.15, 0.2) is 0 Å². The first-order valence-electron chi connectivity index (χ1n) is 7.81. The van der Waals surface area contributed by atoms with Crippen molar-refractivity contribution in [1.82, 2.24) is 10.3 Å². The van der Waals surface area contributed by atoms with Gasteiger partial charge in [0.2, 0.25) is 0 Å². The lowest BCUT2D eigenvalue weighted by atomic mass is 10.2. The molecule has 3 rings (SSSR count). The SMILES string of the molecule is CCCNCc1cnccc1N(Cc1cccs1)C1CC1. The molecule has 1 saturated carbocycles. The van der Waals surface area contributed by atoms with Crippen molar-refractivity contribution in [3.05, 3.63) is 46.4 Å². The molecular weight excluding hydrogens is 278 g/mol. The summed E-state index contributed by atoms with van der Waals surface area (Å²) in [7, 11) is 0. The van der Waals surface area contributed by atoms with Crippen LogP contribution in [0.5, 0.6) is 0 Å². The molecule has 2 heterocycles. The number of thiophene rings is 1. The summed E-state index contributed by atoms with van der Waals surface area (Å²) in [4.78, 5) is 8.32. The zero-order valence-corrected chi connectivity index (χ0v) is 13.4. The van der Waals surface area contributed by atoms with Gasteiger partial charge in [-0.05, 0) is 43.3 Å². The minimum Gasteiger partial charge on any atom is -0.363 e. The zero-order valence-electron chi connectivity index (χ0n) is 12.6. The van der Waals surface area contributed by atoms with E-state index in [1.54, 1.807) is 0 Å². The predicted molar refractivity (Wildman–Crippen MR) is 89.8 cm³/mol. The van der Waals surface area contributed by atoms with Crippen molar-refractivity contribution in [2.45, 2.75) is 45.3 Å². The number of nitrogens with zero attached hydrogens (tertiary/aromatic N) is 2. The molecule has 2 aromatic rings. The Morgan fingerprint density at radius 1 is 1.38 bits per heavy atom. The molecule has 0 bridgehead atoms. The van der Waals surface area contributed by atoms with E-state index in [-0.39, 0.29) is 0 Å². The van der Waals surface area contributed by atoms with Gasteiger partial charge in [-0.3, -0.25) is 4.98 Å². The normalized spacial score (nSPS) is 14.3. The third kappa shape index (κ3) is 3.83. The van der Waals surface area contributed by atoms with E-state index in [2.05, 4.69) is 45.7 Å². The molecule has 0 amide bonds. The second-order valence-corrected chi connectivity index (χ2v) is 6.65. The summed E-state index contributed by atoms with van der Waals surface area (Å²) in [5.41, 5.74) is 2.67. The standard InChI is InChI=1S/C17H23N3S/c1-2-8-18-11-14-12-19-9-7-17(14)20(15-5-6-15)13-16-4-3-10-21-16/h3-4,7,9-10,12,15,18H,2,5-6,8,11,13H2,1H3. The van der Waals surface area contributed by atoms with Gasteiger partial charge < -0.3 is 10.2 Å². The monoisotopic (exact) mass is 301 g/mol. The maximum absolute atomic E-state index is 4.32. The predicted octanol–water partition coefficient (Wildman–Crippen LogP) is 3.81. The average molecular weight is 301 g/mol. The van der Waals surface area contributed by atoms with Crippen LogP contribution >= 0.6 is 11.3 Å². The zero-order chi connectivity index (χ0) is 14.5. The molecule has 0 saturated heterocycles. The Kier molecular flexibility index (Phi) is 4.88. The van der Waals surface area contributed by atoms with Crippen LogP contribution < -0.4 is 10.2 Å². The van der Waals surface area contributed by atoms with E-state index >= 15 is 0 Å². The van der Waals surface area contributed by atoms with E-state index in [0.29, 0.717) is 6.04 Å². The summed E-state index contributed by atoms with van der Waals surface area (Å²) in [5, 5.41) is 5.66. The lowest BCUT2D eigenvalue weighted by molar-refractivity contribution is 0.669. The Balaban J connectivity index is 1.78. The molecule has 0 spiro atoms. The molecule has 0 aliphatic heterocycles. The van der Waals surface area contributed by atoms with Crippen LogP contribution in [0.1, 0.15) is 36.6 Å². The summed E-state index contributed by atoms with van der Waals surface area (Å²) < 4.78 is 0. The molecule has 112 valence electrons. The van der Waals surface area contributed by atoms with Crippen molar-refractivity contribution < 1.29 is 0 Å². The third-order valence-corrected chi connectivity index (χ3v) is 4.68. The van der Waals surface area contributed by atoms with Gasteiger partial charge in [-0.25, -0.2) is 0 Å². The van der Waals surface area contributed by atoms with E-state index < -0.39 is 0 Å². The van der Waals surface area contributed by atoms with Crippen molar-refractivity contribution in [3.63, 3.8) is 0 Å². The molecule has 1 aliphatic rings. The largest absolute Gasteiger partial charge is 0.363 e. The number of hydrogen-bond acceptors (Lipinski definition) is 4. The van der Waals surface area contributed by atoms with Gasteiger partial charge >= 0.3 is 0 Å². The molecule has 1 N–H and O–H groups in total. The summed E-state index contributed by atoms with van der Waals surface area (Å²) in [6.07, 6.45) is 7.73. The van der Waals surface area contributed by atoms with E-state index in [1.807, 2.05) is 23.7 Å². The minimum atomic E-state index is 0.708. The Morgan fingerprint density at radius 2 is 2.29 bits per heavy atom.